The molecule has 0 bridgehead atoms. The van der Waals surface area contributed by atoms with Crippen LogP contribution >= 0.6 is 0 Å². The maximum atomic E-state index is 12.2. The first-order valence-corrected chi connectivity index (χ1v) is 6.59. The summed E-state index contributed by atoms with van der Waals surface area (Å²) in [5.74, 6) is -0.110. The van der Waals surface area contributed by atoms with E-state index in [0.717, 1.165) is 12.8 Å². The molecule has 16 heavy (non-hydrogen) atoms. The van der Waals surface area contributed by atoms with Gasteiger partial charge in [0.2, 0.25) is 5.03 Å². The highest BCUT2D eigenvalue weighted by Gasteiger charge is 2.33. The topological polar surface area (TPSA) is 65.0 Å². The Bertz CT molecular complexity index is 358. The predicted molar refractivity (Wildman–Crippen MR) is 61.3 cm³/mol. The van der Waals surface area contributed by atoms with Gasteiger partial charge >= 0.3 is 0 Å². The lowest BCUT2D eigenvalue weighted by Crippen LogP contribution is -2.38. The number of nitrogens with one attached hydrogen (secondary N) is 1. The van der Waals surface area contributed by atoms with Crippen LogP contribution in [0.25, 0.3) is 0 Å². The molecule has 2 unspecified atom stereocenters. The van der Waals surface area contributed by atoms with Gasteiger partial charge in [-0.1, -0.05) is 6.07 Å². The Labute approximate surface area is 97.6 Å². The quantitative estimate of drug-likeness (QED) is 0.777. The van der Waals surface area contributed by atoms with E-state index in [2.05, 4.69) is 10.3 Å². The molecule has 2 rings (SSSR count). The molecule has 2 atom stereocenters. The first-order chi connectivity index (χ1) is 7.79. The van der Waals surface area contributed by atoms with Crippen LogP contribution in [0.4, 0.5) is 0 Å². The number of hydrogen-bond acceptors (Lipinski definition) is 3. The number of rotatable bonds is 2. The number of amides is 1. The molecule has 5 heteroatoms. The molecule has 0 aromatic carbocycles. The van der Waals surface area contributed by atoms with E-state index in [9.17, 15) is 9.35 Å². The third kappa shape index (κ3) is 2.54. The highest BCUT2D eigenvalue weighted by molar-refractivity contribution is 7.92. The number of hydrogen-bond donors (Lipinski definition) is 1. The maximum absolute atomic E-state index is 12.2. The Morgan fingerprint density at radius 2 is 2.31 bits per heavy atom. The minimum absolute atomic E-state index is 0.110. The number of nitrogens with zero attached hydrogens (tertiary/aromatic N) is 1. The van der Waals surface area contributed by atoms with Crippen molar-refractivity contribution >= 4 is 17.1 Å². The van der Waals surface area contributed by atoms with Gasteiger partial charge in [0.25, 0.3) is 5.91 Å². The SMILES string of the molecule is O=C1NCCCCC1[S+]([O-])c1ccccn1. The van der Waals surface area contributed by atoms with Crippen LogP contribution in [0.2, 0.25) is 0 Å². The lowest BCUT2D eigenvalue weighted by atomic mass is 10.2. The molecule has 1 aromatic rings. The summed E-state index contributed by atoms with van der Waals surface area (Å²) in [5.41, 5.74) is 0. The summed E-state index contributed by atoms with van der Waals surface area (Å²) in [5, 5.41) is 2.83. The van der Waals surface area contributed by atoms with Crippen LogP contribution in [0.15, 0.2) is 29.4 Å². The van der Waals surface area contributed by atoms with Crippen molar-refractivity contribution in [1.82, 2.24) is 10.3 Å². The van der Waals surface area contributed by atoms with Gasteiger partial charge in [-0.2, -0.15) is 0 Å². The van der Waals surface area contributed by atoms with Gasteiger partial charge in [0.15, 0.2) is 5.25 Å². The van der Waals surface area contributed by atoms with E-state index in [0.29, 0.717) is 18.0 Å². The molecule has 0 spiro atoms. The van der Waals surface area contributed by atoms with Crippen LogP contribution < -0.4 is 5.32 Å². The van der Waals surface area contributed by atoms with E-state index in [1.54, 1.807) is 24.4 Å². The van der Waals surface area contributed by atoms with Crippen LogP contribution in [0.3, 0.4) is 0 Å². The summed E-state index contributed by atoms with van der Waals surface area (Å²) in [4.78, 5) is 15.7. The molecular formula is C11H14N2O2S. The van der Waals surface area contributed by atoms with E-state index in [4.69, 9.17) is 0 Å². The number of carbonyl (C=O) groups is 1. The molecule has 1 saturated heterocycles. The van der Waals surface area contributed by atoms with Gasteiger partial charge in [-0.05, 0) is 18.9 Å². The molecule has 0 saturated carbocycles. The standard InChI is InChI=1S/C11H14N2O2S/c14-11-9(5-1-3-8-13-11)16(15)10-6-2-4-7-12-10/h2,4,6-7,9H,1,3,5,8H2,(H,13,14). The second-order valence-electron chi connectivity index (χ2n) is 3.74. The monoisotopic (exact) mass is 238 g/mol. The summed E-state index contributed by atoms with van der Waals surface area (Å²) in [7, 11) is 0. The molecule has 4 nitrogen and oxygen atoms in total. The highest BCUT2D eigenvalue weighted by Crippen LogP contribution is 2.19. The molecule has 0 aliphatic carbocycles. The highest BCUT2D eigenvalue weighted by atomic mass is 32.2. The molecule has 1 aliphatic heterocycles. The lowest BCUT2D eigenvalue weighted by molar-refractivity contribution is -0.120. The molecule has 0 radical (unpaired) electrons. The molecule has 1 aliphatic rings. The van der Waals surface area contributed by atoms with Crippen molar-refractivity contribution < 1.29 is 9.35 Å². The Morgan fingerprint density at radius 3 is 3.06 bits per heavy atom. The average Bonchev–Trinajstić information content (AvgIpc) is 2.54. The molecule has 1 N–H and O–H groups in total. The molecular weight excluding hydrogens is 224 g/mol. The molecule has 1 amide bonds. The Kier molecular flexibility index (Phi) is 3.79. The third-order valence-electron chi connectivity index (χ3n) is 2.59. The minimum atomic E-state index is -1.33. The normalized spacial score (nSPS) is 23.3. The van der Waals surface area contributed by atoms with Crippen molar-refractivity contribution in [3.63, 3.8) is 0 Å². The largest absolute Gasteiger partial charge is 0.610 e. The van der Waals surface area contributed by atoms with E-state index < -0.39 is 16.4 Å². The molecule has 1 fully saturated rings. The van der Waals surface area contributed by atoms with Gasteiger partial charge in [0.05, 0.1) is 0 Å². The van der Waals surface area contributed by atoms with E-state index in [1.165, 1.54) is 0 Å². The number of aromatic nitrogens is 1. The van der Waals surface area contributed by atoms with E-state index >= 15 is 0 Å². The first kappa shape index (κ1) is 11.4. The lowest BCUT2D eigenvalue weighted by Gasteiger charge is -2.17. The number of carbonyl (C=O) groups excluding carboxylic acids is 1. The minimum Gasteiger partial charge on any atom is -0.610 e. The van der Waals surface area contributed by atoms with Gasteiger partial charge in [0.1, 0.15) is 0 Å². The zero-order valence-corrected chi connectivity index (χ0v) is 9.70. The smallest absolute Gasteiger partial charge is 0.273 e. The fourth-order valence-electron chi connectivity index (χ4n) is 1.73. The van der Waals surface area contributed by atoms with Gasteiger partial charge in [-0.25, -0.2) is 4.98 Å². The summed E-state index contributed by atoms with van der Waals surface area (Å²) in [6.45, 7) is 0.689. The molecule has 86 valence electrons. The zero-order chi connectivity index (χ0) is 11.4. The van der Waals surface area contributed by atoms with Crippen LogP contribution in [0.5, 0.6) is 0 Å². The van der Waals surface area contributed by atoms with Crippen LogP contribution in [0, 0.1) is 0 Å². The second-order valence-corrected chi connectivity index (χ2v) is 5.32. The van der Waals surface area contributed by atoms with E-state index in [1.807, 2.05) is 0 Å². The Balaban J connectivity index is 2.13. The van der Waals surface area contributed by atoms with Gasteiger partial charge in [-0.3, -0.25) is 4.79 Å². The van der Waals surface area contributed by atoms with Gasteiger partial charge in [0, 0.05) is 36.4 Å². The summed E-state index contributed by atoms with van der Waals surface area (Å²) >= 11 is -1.33. The van der Waals surface area contributed by atoms with Crippen molar-refractivity contribution in [1.29, 1.82) is 0 Å². The van der Waals surface area contributed by atoms with Crippen LogP contribution in [0.1, 0.15) is 19.3 Å². The van der Waals surface area contributed by atoms with Gasteiger partial charge in [-0.15, -0.1) is 0 Å². The third-order valence-corrected chi connectivity index (χ3v) is 4.21. The first-order valence-electron chi connectivity index (χ1n) is 5.38. The summed E-state index contributed by atoms with van der Waals surface area (Å²) in [6, 6.07) is 5.26. The fraction of sp³-hybridized carbons (Fsp3) is 0.455. The Hall–Kier alpha value is -1.07. The van der Waals surface area contributed by atoms with Crippen molar-refractivity contribution in [3.05, 3.63) is 24.4 Å². The fourth-order valence-corrected chi connectivity index (χ4v) is 3.05. The van der Waals surface area contributed by atoms with Crippen molar-refractivity contribution in [2.75, 3.05) is 6.54 Å². The van der Waals surface area contributed by atoms with E-state index in [-0.39, 0.29) is 5.91 Å². The van der Waals surface area contributed by atoms with Crippen LogP contribution in [-0.2, 0) is 16.0 Å². The number of pyridine rings is 1. The predicted octanol–water partition coefficient (Wildman–Crippen LogP) is 0.858. The average molecular weight is 238 g/mol. The molecule has 2 heterocycles. The molecule has 1 aromatic heterocycles. The van der Waals surface area contributed by atoms with Crippen LogP contribution in [-0.4, -0.2) is 27.2 Å². The zero-order valence-electron chi connectivity index (χ0n) is 8.89. The summed E-state index contributed by atoms with van der Waals surface area (Å²) < 4.78 is 12.2. The van der Waals surface area contributed by atoms with Crippen molar-refractivity contribution in [2.45, 2.75) is 29.5 Å². The van der Waals surface area contributed by atoms with Crippen molar-refractivity contribution in [2.24, 2.45) is 0 Å². The Morgan fingerprint density at radius 1 is 1.44 bits per heavy atom. The summed E-state index contributed by atoms with van der Waals surface area (Å²) in [6.07, 6.45) is 4.17. The van der Waals surface area contributed by atoms with Crippen molar-refractivity contribution in [3.8, 4) is 0 Å². The van der Waals surface area contributed by atoms with Gasteiger partial charge < -0.3 is 9.87 Å². The second kappa shape index (κ2) is 5.32. The maximum Gasteiger partial charge on any atom is 0.273 e.